The molecule has 1 aliphatic rings. The zero-order chi connectivity index (χ0) is 12.5. The second-order valence-electron chi connectivity index (χ2n) is 4.98. The predicted octanol–water partition coefficient (Wildman–Crippen LogP) is 2.79. The van der Waals surface area contributed by atoms with Crippen LogP contribution in [-0.2, 0) is 6.42 Å². The van der Waals surface area contributed by atoms with E-state index in [-0.39, 0.29) is 5.82 Å². The highest BCUT2D eigenvalue weighted by Crippen LogP contribution is 2.39. The number of fused-ring (bicyclic) bond motifs is 1. The number of halogens is 1. The number of rotatable bonds is 5. The van der Waals surface area contributed by atoms with Gasteiger partial charge in [-0.05, 0) is 44.4 Å². The highest BCUT2D eigenvalue weighted by Gasteiger charge is 2.28. The molecule has 18 heavy (non-hydrogen) atoms. The van der Waals surface area contributed by atoms with Crippen molar-refractivity contribution < 1.29 is 4.39 Å². The number of aromatic nitrogens is 2. The van der Waals surface area contributed by atoms with Crippen molar-refractivity contribution in [2.75, 3.05) is 6.54 Å². The van der Waals surface area contributed by atoms with Crippen LogP contribution in [0.2, 0.25) is 0 Å². The van der Waals surface area contributed by atoms with Crippen LogP contribution in [0.1, 0.15) is 37.5 Å². The summed E-state index contributed by atoms with van der Waals surface area (Å²) in [6.45, 7) is 0.706. The Kier molecular flexibility index (Phi) is 3.04. The summed E-state index contributed by atoms with van der Waals surface area (Å²) in [4.78, 5) is 4.49. The van der Waals surface area contributed by atoms with E-state index in [0.717, 1.165) is 30.6 Å². The molecule has 1 saturated carbocycles. The van der Waals surface area contributed by atoms with Gasteiger partial charge in [0.15, 0.2) is 5.82 Å². The Bertz CT molecular complexity index is 557. The molecule has 1 aromatic carbocycles. The minimum absolute atomic E-state index is 0.216. The van der Waals surface area contributed by atoms with Crippen LogP contribution in [0, 0.1) is 5.82 Å². The number of benzene rings is 1. The minimum atomic E-state index is -0.216. The van der Waals surface area contributed by atoms with Gasteiger partial charge in [-0.3, -0.25) is 0 Å². The van der Waals surface area contributed by atoms with Gasteiger partial charge in [0.2, 0.25) is 0 Å². The second-order valence-corrected chi connectivity index (χ2v) is 4.98. The third-order valence-electron chi connectivity index (χ3n) is 3.51. The number of nitrogens with zero attached hydrogens (tertiary/aromatic N) is 2. The van der Waals surface area contributed by atoms with Crippen LogP contribution in [0.5, 0.6) is 0 Å². The quantitative estimate of drug-likeness (QED) is 0.826. The maximum atomic E-state index is 13.8. The first-order valence-electron chi connectivity index (χ1n) is 6.66. The monoisotopic (exact) mass is 247 g/mol. The van der Waals surface area contributed by atoms with E-state index >= 15 is 0 Å². The van der Waals surface area contributed by atoms with Gasteiger partial charge in [-0.15, -0.1) is 0 Å². The number of hydrogen-bond acceptors (Lipinski definition) is 2. The van der Waals surface area contributed by atoms with E-state index in [0.29, 0.717) is 18.1 Å². The second kappa shape index (κ2) is 4.69. The van der Waals surface area contributed by atoms with Crippen LogP contribution in [0.3, 0.4) is 0 Å². The van der Waals surface area contributed by atoms with Crippen molar-refractivity contribution in [3.63, 3.8) is 0 Å². The summed E-state index contributed by atoms with van der Waals surface area (Å²) in [5.41, 5.74) is 6.98. The zero-order valence-corrected chi connectivity index (χ0v) is 10.4. The van der Waals surface area contributed by atoms with E-state index in [1.807, 2.05) is 6.07 Å². The van der Waals surface area contributed by atoms with Crippen molar-refractivity contribution in [1.29, 1.82) is 0 Å². The van der Waals surface area contributed by atoms with E-state index in [9.17, 15) is 4.39 Å². The topological polar surface area (TPSA) is 43.8 Å². The fourth-order valence-corrected chi connectivity index (χ4v) is 2.47. The highest BCUT2D eigenvalue weighted by atomic mass is 19.1. The molecule has 0 radical (unpaired) electrons. The maximum Gasteiger partial charge on any atom is 0.151 e. The van der Waals surface area contributed by atoms with Crippen molar-refractivity contribution in [1.82, 2.24) is 9.55 Å². The maximum absolute atomic E-state index is 13.8. The zero-order valence-electron chi connectivity index (χ0n) is 10.4. The van der Waals surface area contributed by atoms with Crippen LogP contribution in [0.25, 0.3) is 11.0 Å². The first-order chi connectivity index (χ1) is 8.81. The minimum Gasteiger partial charge on any atom is -0.330 e. The van der Waals surface area contributed by atoms with E-state index in [1.165, 1.54) is 18.9 Å². The molecule has 0 saturated heterocycles. The standard InChI is InChI=1S/C14H18FN3/c15-11-4-3-5-12-14(11)17-13(6-1-2-9-16)18(12)10-7-8-10/h3-5,10H,1-2,6-9,16H2. The van der Waals surface area contributed by atoms with Crippen molar-refractivity contribution in [3.05, 3.63) is 29.8 Å². The lowest BCUT2D eigenvalue weighted by atomic mass is 10.2. The van der Waals surface area contributed by atoms with Gasteiger partial charge >= 0.3 is 0 Å². The average molecular weight is 247 g/mol. The number of aryl methyl sites for hydroxylation is 1. The molecule has 96 valence electrons. The molecule has 3 rings (SSSR count). The molecule has 2 N–H and O–H groups in total. The van der Waals surface area contributed by atoms with Gasteiger partial charge in [0.25, 0.3) is 0 Å². The summed E-state index contributed by atoms with van der Waals surface area (Å²) in [6, 6.07) is 5.75. The first-order valence-corrected chi connectivity index (χ1v) is 6.66. The molecule has 2 aromatic rings. The molecular weight excluding hydrogens is 229 g/mol. The number of hydrogen-bond donors (Lipinski definition) is 1. The molecule has 0 amide bonds. The fourth-order valence-electron chi connectivity index (χ4n) is 2.47. The predicted molar refractivity (Wildman–Crippen MR) is 70.0 cm³/mol. The van der Waals surface area contributed by atoms with Crippen LogP contribution in [0.15, 0.2) is 18.2 Å². The third kappa shape index (κ3) is 2.01. The smallest absolute Gasteiger partial charge is 0.151 e. The molecule has 0 spiro atoms. The van der Waals surface area contributed by atoms with Crippen LogP contribution >= 0.6 is 0 Å². The Labute approximate surface area is 106 Å². The molecule has 1 heterocycles. The summed E-state index contributed by atoms with van der Waals surface area (Å²) in [5.74, 6) is 0.804. The van der Waals surface area contributed by atoms with Gasteiger partial charge < -0.3 is 10.3 Å². The summed E-state index contributed by atoms with van der Waals surface area (Å²) in [5, 5.41) is 0. The molecular formula is C14H18FN3. The van der Waals surface area contributed by atoms with Gasteiger partial charge in [0.05, 0.1) is 5.52 Å². The SMILES string of the molecule is NCCCCc1nc2c(F)cccc2n1C1CC1. The first kappa shape index (κ1) is 11.7. The molecule has 0 bridgehead atoms. The van der Waals surface area contributed by atoms with E-state index in [1.54, 1.807) is 6.07 Å². The van der Waals surface area contributed by atoms with Crippen molar-refractivity contribution >= 4 is 11.0 Å². The Morgan fingerprint density at radius 2 is 2.17 bits per heavy atom. The molecule has 1 aromatic heterocycles. The summed E-state index contributed by atoms with van der Waals surface area (Å²) in [7, 11) is 0. The summed E-state index contributed by atoms with van der Waals surface area (Å²) in [6.07, 6.45) is 5.28. The third-order valence-corrected chi connectivity index (χ3v) is 3.51. The van der Waals surface area contributed by atoms with E-state index in [2.05, 4.69) is 9.55 Å². The van der Waals surface area contributed by atoms with Gasteiger partial charge in [-0.1, -0.05) is 6.07 Å². The molecule has 0 aliphatic heterocycles. The summed E-state index contributed by atoms with van der Waals surface area (Å²) >= 11 is 0. The molecule has 0 unspecified atom stereocenters. The lowest BCUT2D eigenvalue weighted by Crippen LogP contribution is -2.04. The van der Waals surface area contributed by atoms with Gasteiger partial charge in [-0.25, -0.2) is 9.37 Å². The van der Waals surface area contributed by atoms with Crippen LogP contribution in [-0.4, -0.2) is 16.1 Å². The van der Waals surface area contributed by atoms with Crippen molar-refractivity contribution in [3.8, 4) is 0 Å². The lowest BCUT2D eigenvalue weighted by molar-refractivity contribution is 0.636. The highest BCUT2D eigenvalue weighted by molar-refractivity contribution is 5.77. The average Bonchev–Trinajstić information content (AvgIpc) is 3.12. The van der Waals surface area contributed by atoms with Crippen molar-refractivity contribution in [2.24, 2.45) is 5.73 Å². The molecule has 3 nitrogen and oxygen atoms in total. The van der Waals surface area contributed by atoms with Gasteiger partial charge in [0, 0.05) is 12.5 Å². The molecule has 4 heteroatoms. The number of unbranched alkanes of at least 4 members (excludes halogenated alkanes) is 1. The van der Waals surface area contributed by atoms with Crippen LogP contribution < -0.4 is 5.73 Å². The van der Waals surface area contributed by atoms with E-state index < -0.39 is 0 Å². The number of nitrogens with two attached hydrogens (primary N) is 1. The Hall–Kier alpha value is -1.42. The lowest BCUT2D eigenvalue weighted by Gasteiger charge is -2.07. The fraction of sp³-hybridized carbons (Fsp3) is 0.500. The van der Waals surface area contributed by atoms with Crippen molar-refractivity contribution in [2.45, 2.75) is 38.1 Å². The summed E-state index contributed by atoms with van der Waals surface area (Å²) < 4.78 is 16.0. The largest absolute Gasteiger partial charge is 0.330 e. The number of imidazole rings is 1. The molecule has 1 fully saturated rings. The Morgan fingerprint density at radius 3 is 2.89 bits per heavy atom. The Balaban J connectivity index is 2.01. The Morgan fingerprint density at radius 1 is 1.33 bits per heavy atom. The molecule has 1 aliphatic carbocycles. The van der Waals surface area contributed by atoms with E-state index in [4.69, 9.17) is 5.73 Å². The molecule has 0 atom stereocenters. The normalized spacial score (nSPS) is 15.4. The number of para-hydroxylation sites is 1. The van der Waals surface area contributed by atoms with Crippen LogP contribution in [0.4, 0.5) is 4.39 Å². The van der Waals surface area contributed by atoms with Gasteiger partial charge in [0.1, 0.15) is 11.3 Å². The van der Waals surface area contributed by atoms with Gasteiger partial charge in [-0.2, -0.15) is 0 Å².